The van der Waals surface area contributed by atoms with Gasteiger partial charge in [0, 0.05) is 25.2 Å². The highest BCUT2D eigenvalue weighted by Gasteiger charge is 2.36. The molecule has 0 saturated carbocycles. The molecule has 4 nitrogen and oxygen atoms in total. The molecule has 2 bridgehead atoms. The van der Waals surface area contributed by atoms with Crippen LogP contribution < -0.4 is 5.73 Å². The van der Waals surface area contributed by atoms with E-state index in [1.54, 1.807) is 6.92 Å². The Labute approximate surface area is 91.4 Å². The van der Waals surface area contributed by atoms with Crippen LogP contribution in [0.1, 0.15) is 26.2 Å². The highest BCUT2D eigenvalue weighted by atomic mass is 16.2. The third-order valence-electron chi connectivity index (χ3n) is 3.85. The van der Waals surface area contributed by atoms with Gasteiger partial charge in [0.05, 0.1) is 6.04 Å². The number of likely N-dealkylation sites (N-methyl/N-ethyl adjacent to an activating group) is 1. The van der Waals surface area contributed by atoms with Gasteiger partial charge in [-0.25, -0.2) is 0 Å². The summed E-state index contributed by atoms with van der Waals surface area (Å²) >= 11 is 0. The van der Waals surface area contributed by atoms with E-state index in [1.165, 1.54) is 12.8 Å². The Bertz CT molecular complexity index is 254. The Kier molecular flexibility index (Phi) is 2.98. The number of hydrogen-bond donors (Lipinski definition) is 1. The molecule has 0 spiro atoms. The van der Waals surface area contributed by atoms with Gasteiger partial charge in [-0.05, 0) is 33.2 Å². The topological polar surface area (TPSA) is 49.6 Å². The molecule has 0 aromatic rings. The van der Waals surface area contributed by atoms with Crippen molar-refractivity contribution < 1.29 is 4.79 Å². The van der Waals surface area contributed by atoms with Gasteiger partial charge in [-0.2, -0.15) is 0 Å². The van der Waals surface area contributed by atoms with E-state index in [4.69, 9.17) is 5.73 Å². The van der Waals surface area contributed by atoms with Gasteiger partial charge in [-0.1, -0.05) is 0 Å². The molecule has 2 fully saturated rings. The van der Waals surface area contributed by atoms with Crippen LogP contribution in [0.5, 0.6) is 0 Å². The predicted molar refractivity (Wildman–Crippen MR) is 59.4 cm³/mol. The minimum atomic E-state index is -0.355. The van der Waals surface area contributed by atoms with E-state index in [0.29, 0.717) is 12.1 Å². The maximum absolute atomic E-state index is 11.8. The molecule has 4 heteroatoms. The van der Waals surface area contributed by atoms with Crippen molar-refractivity contribution in [1.82, 2.24) is 9.80 Å². The van der Waals surface area contributed by atoms with E-state index in [9.17, 15) is 4.79 Å². The molecule has 3 atom stereocenters. The monoisotopic (exact) mass is 211 g/mol. The molecule has 2 heterocycles. The van der Waals surface area contributed by atoms with Gasteiger partial charge in [-0.15, -0.1) is 0 Å². The summed E-state index contributed by atoms with van der Waals surface area (Å²) in [5.41, 5.74) is 5.65. The van der Waals surface area contributed by atoms with Crippen LogP contribution in [0.3, 0.4) is 0 Å². The van der Waals surface area contributed by atoms with Crippen LogP contribution in [0.4, 0.5) is 0 Å². The molecule has 2 saturated heterocycles. The Hall–Kier alpha value is -0.610. The fourth-order valence-corrected chi connectivity index (χ4v) is 2.80. The quantitative estimate of drug-likeness (QED) is 0.665. The third kappa shape index (κ3) is 2.01. The van der Waals surface area contributed by atoms with Crippen LogP contribution in [-0.4, -0.2) is 54.0 Å². The highest BCUT2D eigenvalue weighted by molar-refractivity contribution is 5.81. The van der Waals surface area contributed by atoms with Gasteiger partial charge in [0.2, 0.25) is 5.91 Å². The summed E-state index contributed by atoms with van der Waals surface area (Å²) in [5, 5.41) is 0. The zero-order chi connectivity index (χ0) is 11.0. The molecule has 0 radical (unpaired) electrons. The molecule has 1 amide bonds. The molecule has 15 heavy (non-hydrogen) atoms. The number of nitrogens with zero attached hydrogens (tertiary/aromatic N) is 2. The standard InChI is InChI=1S/C11H21N3O/c1-8(12)11(15)14-6-5-9-3-4-10(7-14)13(9)2/h8-10H,3-7,12H2,1-2H3/t8-,9?,10?/m0/s1. The minimum absolute atomic E-state index is 0.107. The van der Waals surface area contributed by atoms with E-state index >= 15 is 0 Å². The second-order valence-electron chi connectivity index (χ2n) is 4.91. The lowest BCUT2D eigenvalue weighted by molar-refractivity contribution is -0.132. The second-order valence-corrected chi connectivity index (χ2v) is 4.91. The van der Waals surface area contributed by atoms with Gasteiger partial charge in [0.25, 0.3) is 0 Å². The summed E-state index contributed by atoms with van der Waals surface area (Å²) < 4.78 is 0. The van der Waals surface area contributed by atoms with Crippen LogP contribution in [0.2, 0.25) is 0 Å². The van der Waals surface area contributed by atoms with Gasteiger partial charge in [0.15, 0.2) is 0 Å². The number of likely N-dealkylation sites (tertiary alicyclic amines) is 1. The molecule has 2 N–H and O–H groups in total. The molecule has 2 aliphatic rings. The molecular formula is C11H21N3O. The first kappa shape index (κ1) is 10.9. The van der Waals surface area contributed by atoms with Crippen LogP contribution >= 0.6 is 0 Å². The first-order chi connectivity index (χ1) is 7.09. The van der Waals surface area contributed by atoms with E-state index < -0.39 is 0 Å². The van der Waals surface area contributed by atoms with Gasteiger partial charge < -0.3 is 10.6 Å². The van der Waals surface area contributed by atoms with E-state index in [-0.39, 0.29) is 11.9 Å². The Morgan fingerprint density at radius 3 is 2.67 bits per heavy atom. The number of nitrogens with two attached hydrogens (primary N) is 1. The molecule has 0 aliphatic carbocycles. The third-order valence-corrected chi connectivity index (χ3v) is 3.85. The lowest BCUT2D eigenvalue weighted by Crippen LogP contribution is -2.46. The minimum Gasteiger partial charge on any atom is -0.340 e. The summed E-state index contributed by atoms with van der Waals surface area (Å²) in [5.74, 6) is 0.107. The number of fused-ring (bicyclic) bond motifs is 2. The van der Waals surface area contributed by atoms with Crippen molar-refractivity contribution in [3.05, 3.63) is 0 Å². The lowest BCUT2D eigenvalue weighted by atomic mass is 10.1. The fraction of sp³-hybridized carbons (Fsp3) is 0.909. The van der Waals surface area contributed by atoms with Crippen molar-refractivity contribution in [3.8, 4) is 0 Å². The summed E-state index contributed by atoms with van der Waals surface area (Å²) in [6.07, 6.45) is 3.62. The highest BCUT2D eigenvalue weighted by Crippen LogP contribution is 2.28. The Morgan fingerprint density at radius 1 is 1.33 bits per heavy atom. The second kappa shape index (κ2) is 4.10. The zero-order valence-corrected chi connectivity index (χ0v) is 9.65. The Balaban J connectivity index is 2.03. The first-order valence-corrected chi connectivity index (χ1v) is 5.86. The first-order valence-electron chi connectivity index (χ1n) is 5.86. The van der Waals surface area contributed by atoms with Crippen LogP contribution in [0.15, 0.2) is 0 Å². The maximum atomic E-state index is 11.8. The van der Waals surface area contributed by atoms with Gasteiger partial charge in [0.1, 0.15) is 0 Å². The van der Waals surface area contributed by atoms with Crippen LogP contribution in [0, 0.1) is 0 Å². The smallest absolute Gasteiger partial charge is 0.239 e. The van der Waals surface area contributed by atoms with Crippen LogP contribution in [-0.2, 0) is 4.79 Å². The van der Waals surface area contributed by atoms with E-state index in [2.05, 4.69) is 11.9 Å². The lowest BCUT2D eigenvalue weighted by Gasteiger charge is -2.27. The van der Waals surface area contributed by atoms with Crippen molar-refractivity contribution in [1.29, 1.82) is 0 Å². The SMILES string of the molecule is C[C@H](N)C(=O)N1CCC2CCC(C1)N2C. The number of rotatable bonds is 1. The summed E-state index contributed by atoms with van der Waals surface area (Å²) in [6, 6.07) is 0.882. The van der Waals surface area contributed by atoms with Crippen molar-refractivity contribution in [3.63, 3.8) is 0 Å². The van der Waals surface area contributed by atoms with Crippen molar-refractivity contribution >= 4 is 5.91 Å². The van der Waals surface area contributed by atoms with E-state index in [0.717, 1.165) is 19.5 Å². The number of hydrogen-bond acceptors (Lipinski definition) is 3. The average Bonchev–Trinajstić information content (AvgIpc) is 2.40. The van der Waals surface area contributed by atoms with E-state index in [1.807, 2.05) is 4.90 Å². The van der Waals surface area contributed by atoms with Crippen molar-refractivity contribution in [2.24, 2.45) is 5.73 Å². The van der Waals surface area contributed by atoms with Gasteiger partial charge >= 0.3 is 0 Å². The molecule has 2 rings (SSSR count). The Morgan fingerprint density at radius 2 is 2.00 bits per heavy atom. The predicted octanol–water partition coefficient (Wildman–Crippen LogP) is 0.0287. The number of amides is 1. The molecule has 2 unspecified atom stereocenters. The molecule has 2 aliphatic heterocycles. The fourth-order valence-electron chi connectivity index (χ4n) is 2.80. The summed E-state index contributed by atoms with van der Waals surface area (Å²) in [4.78, 5) is 16.2. The molecule has 86 valence electrons. The average molecular weight is 211 g/mol. The molecule has 0 aromatic heterocycles. The van der Waals surface area contributed by atoms with Gasteiger partial charge in [-0.3, -0.25) is 9.69 Å². The zero-order valence-electron chi connectivity index (χ0n) is 9.65. The maximum Gasteiger partial charge on any atom is 0.239 e. The summed E-state index contributed by atoms with van der Waals surface area (Å²) in [6.45, 7) is 3.52. The summed E-state index contributed by atoms with van der Waals surface area (Å²) in [7, 11) is 2.18. The van der Waals surface area contributed by atoms with Crippen molar-refractivity contribution in [2.75, 3.05) is 20.1 Å². The number of carbonyl (C=O) groups excluding carboxylic acids is 1. The normalized spacial score (nSPS) is 33.9. The molecule has 0 aromatic carbocycles. The molecular weight excluding hydrogens is 190 g/mol. The van der Waals surface area contributed by atoms with Crippen LogP contribution in [0.25, 0.3) is 0 Å². The largest absolute Gasteiger partial charge is 0.340 e. The number of carbonyl (C=O) groups is 1. The van der Waals surface area contributed by atoms with Crippen molar-refractivity contribution in [2.45, 2.75) is 44.3 Å².